The summed E-state index contributed by atoms with van der Waals surface area (Å²) in [5, 5.41) is 3.50. The molecule has 0 bridgehead atoms. The van der Waals surface area contributed by atoms with Gasteiger partial charge in [-0.1, -0.05) is 13.8 Å². The molecule has 0 aromatic carbocycles. The SMILES string of the molecule is CCCNC(CC)c1ccc(OCCN(C)C)cn1. The van der Waals surface area contributed by atoms with Crippen molar-refractivity contribution in [3.8, 4) is 5.75 Å². The van der Waals surface area contributed by atoms with Crippen LogP contribution in [-0.4, -0.2) is 43.7 Å². The molecule has 0 aliphatic heterocycles. The third-order valence-corrected chi connectivity index (χ3v) is 2.97. The Balaban J connectivity index is 2.49. The molecule has 108 valence electrons. The minimum atomic E-state index is 0.343. The molecule has 0 aliphatic carbocycles. The highest BCUT2D eigenvalue weighted by atomic mass is 16.5. The van der Waals surface area contributed by atoms with Crippen molar-refractivity contribution in [3.05, 3.63) is 24.0 Å². The number of nitrogens with one attached hydrogen (secondary N) is 1. The van der Waals surface area contributed by atoms with Gasteiger partial charge in [0.1, 0.15) is 12.4 Å². The van der Waals surface area contributed by atoms with Crippen molar-refractivity contribution >= 4 is 0 Å². The Hall–Kier alpha value is -1.13. The van der Waals surface area contributed by atoms with Crippen LogP contribution in [0.2, 0.25) is 0 Å². The smallest absolute Gasteiger partial charge is 0.137 e. The van der Waals surface area contributed by atoms with Crippen LogP contribution in [0.1, 0.15) is 38.4 Å². The van der Waals surface area contributed by atoms with Gasteiger partial charge in [0.15, 0.2) is 0 Å². The molecule has 0 saturated carbocycles. The van der Waals surface area contributed by atoms with E-state index in [0.717, 1.165) is 37.4 Å². The maximum absolute atomic E-state index is 5.64. The van der Waals surface area contributed by atoms with Crippen LogP contribution >= 0.6 is 0 Å². The van der Waals surface area contributed by atoms with E-state index in [2.05, 4.69) is 35.1 Å². The summed E-state index contributed by atoms with van der Waals surface area (Å²) < 4.78 is 5.64. The van der Waals surface area contributed by atoms with Crippen LogP contribution in [0, 0.1) is 0 Å². The molecule has 0 amide bonds. The van der Waals surface area contributed by atoms with E-state index in [-0.39, 0.29) is 0 Å². The summed E-state index contributed by atoms with van der Waals surface area (Å²) in [7, 11) is 4.08. The molecular weight excluding hydrogens is 238 g/mol. The van der Waals surface area contributed by atoms with Gasteiger partial charge in [0.2, 0.25) is 0 Å². The zero-order valence-corrected chi connectivity index (χ0v) is 12.6. The van der Waals surface area contributed by atoms with Crippen LogP contribution in [0.15, 0.2) is 18.3 Å². The van der Waals surface area contributed by atoms with Gasteiger partial charge in [-0.25, -0.2) is 0 Å². The quantitative estimate of drug-likeness (QED) is 0.744. The largest absolute Gasteiger partial charge is 0.491 e. The van der Waals surface area contributed by atoms with E-state index < -0.39 is 0 Å². The second kappa shape index (κ2) is 8.88. The van der Waals surface area contributed by atoms with Crippen LogP contribution in [0.4, 0.5) is 0 Å². The number of aromatic nitrogens is 1. The number of hydrogen-bond acceptors (Lipinski definition) is 4. The number of hydrogen-bond donors (Lipinski definition) is 1. The Morgan fingerprint density at radius 2 is 2.11 bits per heavy atom. The fourth-order valence-electron chi connectivity index (χ4n) is 1.81. The molecule has 19 heavy (non-hydrogen) atoms. The third kappa shape index (κ3) is 6.03. The summed E-state index contributed by atoms with van der Waals surface area (Å²) in [6.07, 6.45) is 4.01. The van der Waals surface area contributed by atoms with E-state index in [0.29, 0.717) is 12.6 Å². The summed E-state index contributed by atoms with van der Waals surface area (Å²) >= 11 is 0. The van der Waals surface area contributed by atoms with E-state index in [1.807, 2.05) is 26.4 Å². The molecule has 1 aromatic rings. The first kappa shape index (κ1) is 15.9. The lowest BCUT2D eigenvalue weighted by Crippen LogP contribution is -2.22. The molecule has 0 spiro atoms. The monoisotopic (exact) mass is 265 g/mol. The molecule has 4 nitrogen and oxygen atoms in total. The Kier molecular flexibility index (Phi) is 7.45. The van der Waals surface area contributed by atoms with Gasteiger partial charge in [-0.05, 0) is 45.6 Å². The van der Waals surface area contributed by atoms with Gasteiger partial charge < -0.3 is 15.0 Å². The molecule has 1 heterocycles. The Labute approximate surface area is 117 Å². The van der Waals surface area contributed by atoms with Gasteiger partial charge in [-0.2, -0.15) is 0 Å². The summed E-state index contributed by atoms with van der Waals surface area (Å²) in [5.41, 5.74) is 1.09. The second-order valence-electron chi connectivity index (χ2n) is 4.99. The summed E-state index contributed by atoms with van der Waals surface area (Å²) in [4.78, 5) is 6.60. The number of rotatable bonds is 9. The first-order valence-corrected chi connectivity index (χ1v) is 7.14. The topological polar surface area (TPSA) is 37.4 Å². The molecule has 4 heteroatoms. The van der Waals surface area contributed by atoms with Crippen LogP contribution in [0.25, 0.3) is 0 Å². The summed E-state index contributed by atoms with van der Waals surface area (Å²) in [6.45, 7) is 6.99. The third-order valence-electron chi connectivity index (χ3n) is 2.97. The van der Waals surface area contributed by atoms with Crippen LogP contribution in [-0.2, 0) is 0 Å². The first-order chi connectivity index (χ1) is 9.17. The number of pyridine rings is 1. The zero-order chi connectivity index (χ0) is 14.1. The highest BCUT2D eigenvalue weighted by Gasteiger charge is 2.09. The molecule has 0 radical (unpaired) electrons. The molecule has 1 rings (SSSR count). The molecule has 0 fully saturated rings. The highest BCUT2D eigenvalue weighted by molar-refractivity contribution is 5.21. The molecule has 1 atom stereocenters. The number of ether oxygens (including phenoxy) is 1. The van der Waals surface area contributed by atoms with E-state index in [1.165, 1.54) is 0 Å². The fourth-order valence-corrected chi connectivity index (χ4v) is 1.81. The molecule has 0 saturated heterocycles. The van der Waals surface area contributed by atoms with Crippen molar-refractivity contribution in [2.75, 3.05) is 33.8 Å². The first-order valence-electron chi connectivity index (χ1n) is 7.14. The van der Waals surface area contributed by atoms with Gasteiger partial charge in [-0.15, -0.1) is 0 Å². The number of likely N-dealkylation sites (N-methyl/N-ethyl adjacent to an activating group) is 1. The van der Waals surface area contributed by atoms with E-state index >= 15 is 0 Å². The Morgan fingerprint density at radius 1 is 1.32 bits per heavy atom. The van der Waals surface area contributed by atoms with Crippen molar-refractivity contribution in [3.63, 3.8) is 0 Å². The number of nitrogens with zero attached hydrogens (tertiary/aromatic N) is 2. The van der Waals surface area contributed by atoms with E-state index in [9.17, 15) is 0 Å². The van der Waals surface area contributed by atoms with Crippen LogP contribution in [0.5, 0.6) is 5.75 Å². The summed E-state index contributed by atoms with van der Waals surface area (Å²) in [6, 6.07) is 4.41. The van der Waals surface area contributed by atoms with Gasteiger partial charge >= 0.3 is 0 Å². The predicted octanol–water partition coefficient (Wildman–Crippen LogP) is 2.47. The highest BCUT2D eigenvalue weighted by Crippen LogP contribution is 2.17. The van der Waals surface area contributed by atoms with Crippen LogP contribution < -0.4 is 10.1 Å². The van der Waals surface area contributed by atoms with Crippen LogP contribution in [0.3, 0.4) is 0 Å². The van der Waals surface area contributed by atoms with Crippen molar-refractivity contribution in [2.45, 2.75) is 32.7 Å². The molecule has 1 aromatic heterocycles. The average molecular weight is 265 g/mol. The molecular formula is C15H27N3O. The minimum absolute atomic E-state index is 0.343. The fraction of sp³-hybridized carbons (Fsp3) is 0.667. The van der Waals surface area contributed by atoms with Gasteiger partial charge in [0.25, 0.3) is 0 Å². The standard InChI is InChI=1S/C15H27N3O/c1-5-9-16-14(6-2)15-8-7-13(12-17-15)19-11-10-18(3)4/h7-8,12,14,16H,5-6,9-11H2,1-4H3. The van der Waals surface area contributed by atoms with E-state index in [1.54, 1.807) is 0 Å². The maximum Gasteiger partial charge on any atom is 0.137 e. The lowest BCUT2D eigenvalue weighted by atomic mass is 10.1. The molecule has 1 unspecified atom stereocenters. The predicted molar refractivity (Wildman–Crippen MR) is 79.6 cm³/mol. The van der Waals surface area contributed by atoms with Gasteiger partial charge in [0, 0.05) is 12.6 Å². The average Bonchev–Trinajstić information content (AvgIpc) is 2.41. The normalized spacial score (nSPS) is 12.7. The lowest BCUT2D eigenvalue weighted by molar-refractivity contribution is 0.260. The second-order valence-corrected chi connectivity index (χ2v) is 4.99. The summed E-state index contributed by atoms with van der Waals surface area (Å²) in [5.74, 6) is 0.843. The Morgan fingerprint density at radius 3 is 2.63 bits per heavy atom. The van der Waals surface area contributed by atoms with E-state index in [4.69, 9.17) is 4.74 Å². The lowest BCUT2D eigenvalue weighted by Gasteiger charge is -2.16. The Bertz CT molecular complexity index is 338. The molecule has 1 N–H and O–H groups in total. The zero-order valence-electron chi connectivity index (χ0n) is 12.6. The van der Waals surface area contributed by atoms with Gasteiger partial charge in [0.05, 0.1) is 11.9 Å². The van der Waals surface area contributed by atoms with Crippen molar-refractivity contribution in [1.29, 1.82) is 0 Å². The van der Waals surface area contributed by atoms with Crippen molar-refractivity contribution < 1.29 is 4.74 Å². The van der Waals surface area contributed by atoms with Crippen molar-refractivity contribution in [2.24, 2.45) is 0 Å². The van der Waals surface area contributed by atoms with Gasteiger partial charge in [-0.3, -0.25) is 4.98 Å². The maximum atomic E-state index is 5.64. The molecule has 0 aliphatic rings. The minimum Gasteiger partial charge on any atom is -0.491 e. The van der Waals surface area contributed by atoms with Crippen molar-refractivity contribution in [1.82, 2.24) is 15.2 Å².